The molecule has 0 aliphatic heterocycles. The number of fused-ring (bicyclic) bond motifs is 1. The molecule has 0 amide bonds. The number of hydrogen-bond acceptors (Lipinski definition) is 1. The molecule has 0 bridgehead atoms. The highest BCUT2D eigenvalue weighted by Gasteiger charge is 2.38. The van der Waals surface area contributed by atoms with E-state index in [1.165, 1.54) is 20.4 Å². The van der Waals surface area contributed by atoms with Crippen LogP contribution in [-0.2, 0) is 6.42 Å². The predicted molar refractivity (Wildman–Crippen MR) is 89.4 cm³/mol. The molecule has 1 unspecified atom stereocenters. The van der Waals surface area contributed by atoms with Gasteiger partial charge in [-0.2, -0.15) is 0 Å². The van der Waals surface area contributed by atoms with Crippen molar-refractivity contribution in [3.8, 4) is 0 Å². The number of anilines is 1. The van der Waals surface area contributed by atoms with E-state index in [0.717, 1.165) is 6.42 Å². The highest BCUT2D eigenvalue weighted by molar-refractivity contribution is 14.1. The number of hydrogen-bond donors (Lipinski definition) is 1. The van der Waals surface area contributed by atoms with E-state index < -0.39 is 0 Å². The fourth-order valence-corrected chi connectivity index (χ4v) is 3.54. The minimum Gasteiger partial charge on any atom is -0.377 e. The van der Waals surface area contributed by atoms with Crippen molar-refractivity contribution >= 4 is 28.3 Å². The van der Waals surface area contributed by atoms with Crippen molar-refractivity contribution < 1.29 is 0 Å². The van der Waals surface area contributed by atoms with Crippen molar-refractivity contribution in [1.82, 2.24) is 0 Å². The van der Waals surface area contributed by atoms with Crippen molar-refractivity contribution in [1.29, 1.82) is 0 Å². The molecule has 1 atom stereocenters. The van der Waals surface area contributed by atoms with Crippen LogP contribution in [0.15, 0.2) is 48.5 Å². The first-order chi connectivity index (χ1) is 9.08. The first-order valence-corrected chi connectivity index (χ1v) is 7.75. The summed E-state index contributed by atoms with van der Waals surface area (Å²) < 4.78 is 1.28. The van der Waals surface area contributed by atoms with Gasteiger partial charge < -0.3 is 5.32 Å². The molecule has 1 aliphatic carbocycles. The van der Waals surface area contributed by atoms with Gasteiger partial charge in [0.05, 0.1) is 6.04 Å². The van der Waals surface area contributed by atoms with E-state index in [1.54, 1.807) is 0 Å². The summed E-state index contributed by atoms with van der Waals surface area (Å²) in [5.74, 6) is 0. The van der Waals surface area contributed by atoms with Crippen LogP contribution in [0.5, 0.6) is 0 Å². The lowest BCUT2D eigenvalue weighted by Gasteiger charge is -2.30. The third-order valence-corrected chi connectivity index (χ3v) is 4.91. The van der Waals surface area contributed by atoms with Gasteiger partial charge in [0.25, 0.3) is 0 Å². The zero-order valence-electron chi connectivity index (χ0n) is 11.3. The van der Waals surface area contributed by atoms with Crippen LogP contribution in [0, 0.1) is 8.99 Å². The molecule has 2 aromatic rings. The van der Waals surface area contributed by atoms with Gasteiger partial charge in [-0.3, -0.25) is 0 Å². The van der Waals surface area contributed by atoms with Gasteiger partial charge in [0.1, 0.15) is 0 Å². The molecule has 0 spiro atoms. The van der Waals surface area contributed by atoms with Crippen LogP contribution in [-0.4, -0.2) is 0 Å². The van der Waals surface area contributed by atoms with Crippen LogP contribution < -0.4 is 5.32 Å². The molecule has 0 aromatic heterocycles. The van der Waals surface area contributed by atoms with Crippen LogP contribution >= 0.6 is 22.6 Å². The highest BCUT2D eigenvalue weighted by atomic mass is 127. The summed E-state index contributed by atoms with van der Waals surface area (Å²) in [5, 5.41) is 3.75. The molecule has 1 aliphatic rings. The maximum Gasteiger partial charge on any atom is 0.0571 e. The molecule has 0 heterocycles. The molecule has 2 heteroatoms. The minimum atomic E-state index is 0.253. The molecule has 1 nitrogen and oxygen atoms in total. The molecular weight excluding hydrogens is 345 g/mol. The Morgan fingerprint density at radius 2 is 1.74 bits per heavy atom. The molecule has 3 rings (SSSR count). The van der Waals surface area contributed by atoms with E-state index in [1.807, 2.05) is 0 Å². The Kier molecular flexibility index (Phi) is 3.29. The summed E-state index contributed by atoms with van der Waals surface area (Å²) in [6.07, 6.45) is 1.14. The Morgan fingerprint density at radius 1 is 1.05 bits per heavy atom. The number of nitrogens with one attached hydrogen (secondary N) is 1. The van der Waals surface area contributed by atoms with Gasteiger partial charge >= 0.3 is 0 Å². The Bertz CT molecular complexity index is 604. The highest BCUT2D eigenvalue weighted by Crippen LogP contribution is 2.47. The van der Waals surface area contributed by atoms with Gasteiger partial charge in [-0.05, 0) is 57.7 Å². The summed E-state index contributed by atoms with van der Waals surface area (Å²) >= 11 is 2.40. The zero-order chi connectivity index (χ0) is 13.5. The van der Waals surface area contributed by atoms with Crippen LogP contribution in [0.25, 0.3) is 0 Å². The predicted octanol–water partition coefficient (Wildman–Crippen LogP) is 5.03. The molecule has 0 radical (unpaired) electrons. The summed E-state index contributed by atoms with van der Waals surface area (Å²) in [7, 11) is 0. The lowest BCUT2D eigenvalue weighted by atomic mass is 9.85. The number of halogens is 1. The molecule has 1 N–H and O–H groups in total. The largest absolute Gasteiger partial charge is 0.377 e. The molecule has 0 fully saturated rings. The molecular formula is C17H18IN. The van der Waals surface area contributed by atoms with Gasteiger partial charge in [-0.25, -0.2) is 0 Å². The lowest BCUT2D eigenvalue weighted by molar-refractivity contribution is 0.337. The average Bonchev–Trinajstić information content (AvgIpc) is 2.63. The van der Waals surface area contributed by atoms with Gasteiger partial charge in [-0.15, -0.1) is 0 Å². The average molecular weight is 363 g/mol. The summed E-state index contributed by atoms with van der Waals surface area (Å²) in [5.41, 5.74) is 4.42. The van der Waals surface area contributed by atoms with Crippen LogP contribution in [0.3, 0.4) is 0 Å². The van der Waals surface area contributed by atoms with Gasteiger partial charge in [0.15, 0.2) is 0 Å². The van der Waals surface area contributed by atoms with Gasteiger partial charge in [-0.1, -0.05) is 50.2 Å². The lowest BCUT2D eigenvalue weighted by Crippen LogP contribution is -2.24. The number of rotatable bonds is 2. The number of para-hydroxylation sites is 1. The van der Waals surface area contributed by atoms with Gasteiger partial charge in [0, 0.05) is 9.26 Å². The standard InChI is InChI=1S/C17H18IN/c1-17(2)11-12-7-3-4-8-13(12)16(17)19-15-10-6-5-9-14(15)18/h3-10,16,19H,11H2,1-2H3. The summed E-state index contributed by atoms with van der Waals surface area (Å²) in [4.78, 5) is 0. The second-order valence-electron chi connectivity index (χ2n) is 5.92. The van der Waals surface area contributed by atoms with Crippen molar-refractivity contribution in [2.75, 3.05) is 5.32 Å². The van der Waals surface area contributed by atoms with Crippen LogP contribution in [0.4, 0.5) is 5.69 Å². The first-order valence-electron chi connectivity index (χ1n) is 6.67. The van der Waals surface area contributed by atoms with Gasteiger partial charge in [0.2, 0.25) is 0 Å². The maximum atomic E-state index is 3.75. The maximum absolute atomic E-state index is 3.75. The van der Waals surface area contributed by atoms with Crippen LogP contribution in [0.2, 0.25) is 0 Å². The molecule has 0 saturated carbocycles. The molecule has 0 saturated heterocycles. The normalized spacial score (nSPS) is 20.1. The topological polar surface area (TPSA) is 12.0 Å². The molecule has 2 aromatic carbocycles. The third kappa shape index (κ3) is 2.38. The van der Waals surface area contributed by atoms with E-state index in [2.05, 4.69) is 90.3 Å². The van der Waals surface area contributed by atoms with Crippen molar-refractivity contribution in [2.24, 2.45) is 5.41 Å². The Hall–Kier alpha value is -1.03. The zero-order valence-corrected chi connectivity index (χ0v) is 13.4. The smallest absolute Gasteiger partial charge is 0.0571 e. The Balaban J connectivity index is 1.98. The van der Waals surface area contributed by atoms with Crippen LogP contribution in [0.1, 0.15) is 31.0 Å². The Labute approximate surface area is 128 Å². The van der Waals surface area contributed by atoms with E-state index in [4.69, 9.17) is 0 Å². The fraction of sp³-hybridized carbons (Fsp3) is 0.294. The van der Waals surface area contributed by atoms with Crippen molar-refractivity contribution in [2.45, 2.75) is 26.3 Å². The Morgan fingerprint density at radius 3 is 2.53 bits per heavy atom. The third-order valence-electron chi connectivity index (χ3n) is 3.97. The number of benzene rings is 2. The van der Waals surface area contributed by atoms with Crippen molar-refractivity contribution in [3.63, 3.8) is 0 Å². The minimum absolute atomic E-state index is 0.253. The van der Waals surface area contributed by atoms with E-state index in [-0.39, 0.29) is 5.41 Å². The SMILES string of the molecule is CC1(C)Cc2ccccc2C1Nc1ccccc1I. The summed E-state index contributed by atoms with van der Waals surface area (Å²) in [6, 6.07) is 17.7. The molecule has 98 valence electrons. The molecule has 19 heavy (non-hydrogen) atoms. The monoisotopic (exact) mass is 363 g/mol. The second-order valence-corrected chi connectivity index (χ2v) is 7.08. The van der Waals surface area contributed by atoms with Crippen molar-refractivity contribution in [3.05, 3.63) is 63.2 Å². The summed E-state index contributed by atoms with van der Waals surface area (Å²) in [6.45, 7) is 4.70. The fourth-order valence-electron chi connectivity index (χ4n) is 3.00. The van der Waals surface area contributed by atoms with E-state index >= 15 is 0 Å². The first kappa shape index (κ1) is 13.0. The van der Waals surface area contributed by atoms with E-state index in [0.29, 0.717) is 6.04 Å². The quantitative estimate of drug-likeness (QED) is 0.739. The van der Waals surface area contributed by atoms with E-state index in [9.17, 15) is 0 Å². The second kappa shape index (κ2) is 4.82.